The highest BCUT2D eigenvalue weighted by molar-refractivity contribution is 6.31. The van der Waals surface area contributed by atoms with Crippen molar-refractivity contribution in [1.29, 1.82) is 0 Å². The van der Waals surface area contributed by atoms with Crippen LogP contribution in [0.2, 0.25) is 5.15 Å². The lowest BCUT2D eigenvalue weighted by Gasteiger charge is -2.36. The van der Waals surface area contributed by atoms with Gasteiger partial charge in [-0.25, -0.2) is 14.8 Å². The SMILES string of the molecule is Cc1nc(Cl)c(N2CCN(C(=O)OC(C)(C)C)CC2)nc1C. The monoisotopic (exact) mass is 326 g/mol. The Kier molecular flexibility index (Phi) is 4.80. The molecule has 7 heteroatoms. The molecule has 6 nitrogen and oxygen atoms in total. The molecule has 1 amide bonds. The summed E-state index contributed by atoms with van der Waals surface area (Å²) < 4.78 is 5.39. The number of hydrogen-bond acceptors (Lipinski definition) is 5. The maximum atomic E-state index is 12.1. The van der Waals surface area contributed by atoms with Crippen molar-refractivity contribution < 1.29 is 9.53 Å². The van der Waals surface area contributed by atoms with Crippen molar-refractivity contribution >= 4 is 23.5 Å². The maximum Gasteiger partial charge on any atom is 0.410 e. The minimum atomic E-state index is -0.475. The van der Waals surface area contributed by atoms with Crippen LogP contribution in [0, 0.1) is 13.8 Å². The third kappa shape index (κ3) is 4.00. The van der Waals surface area contributed by atoms with Gasteiger partial charge in [-0.05, 0) is 34.6 Å². The first-order valence-electron chi connectivity index (χ1n) is 7.41. The molecule has 1 aliphatic rings. The Morgan fingerprint density at radius 2 is 1.64 bits per heavy atom. The normalized spacial score (nSPS) is 15.9. The molecule has 0 spiro atoms. The van der Waals surface area contributed by atoms with Crippen LogP contribution in [0.15, 0.2) is 0 Å². The zero-order valence-electron chi connectivity index (χ0n) is 13.8. The third-order valence-electron chi connectivity index (χ3n) is 3.48. The van der Waals surface area contributed by atoms with Crippen molar-refractivity contribution in [3.05, 3.63) is 16.5 Å². The Balaban J connectivity index is 2.01. The summed E-state index contributed by atoms with van der Waals surface area (Å²) in [5, 5.41) is 0.411. The molecule has 0 atom stereocenters. The van der Waals surface area contributed by atoms with Crippen molar-refractivity contribution in [2.24, 2.45) is 0 Å². The average molecular weight is 327 g/mol. The zero-order valence-corrected chi connectivity index (χ0v) is 14.6. The molecular weight excluding hydrogens is 304 g/mol. The molecule has 0 aliphatic carbocycles. The Morgan fingerprint density at radius 1 is 1.09 bits per heavy atom. The molecule has 0 unspecified atom stereocenters. The smallest absolute Gasteiger partial charge is 0.410 e. The second-order valence-electron chi connectivity index (χ2n) is 6.46. The van der Waals surface area contributed by atoms with Gasteiger partial charge in [-0.15, -0.1) is 0 Å². The van der Waals surface area contributed by atoms with E-state index in [0.717, 1.165) is 11.4 Å². The molecule has 2 heterocycles. The minimum absolute atomic E-state index is 0.274. The van der Waals surface area contributed by atoms with Gasteiger partial charge in [0.25, 0.3) is 0 Å². The fourth-order valence-corrected chi connectivity index (χ4v) is 2.48. The van der Waals surface area contributed by atoms with Crippen molar-refractivity contribution in [3.63, 3.8) is 0 Å². The Bertz CT molecular complexity index is 563. The van der Waals surface area contributed by atoms with Gasteiger partial charge < -0.3 is 14.5 Å². The van der Waals surface area contributed by atoms with Crippen molar-refractivity contribution in [2.45, 2.75) is 40.2 Å². The van der Waals surface area contributed by atoms with Crippen LogP contribution < -0.4 is 4.90 Å². The number of nitrogens with zero attached hydrogens (tertiary/aromatic N) is 4. The third-order valence-corrected chi connectivity index (χ3v) is 3.73. The van der Waals surface area contributed by atoms with Crippen LogP contribution in [0.3, 0.4) is 0 Å². The second-order valence-corrected chi connectivity index (χ2v) is 6.82. The summed E-state index contributed by atoms with van der Waals surface area (Å²) in [7, 11) is 0. The number of hydrogen-bond donors (Lipinski definition) is 0. The van der Waals surface area contributed by atoms with Gasteiger partial charge in [-0.2, -0.15) is 0 Å². The molecule has 2 rings (SSSR count). The highest BCUT2D eigenvalue weighted by Crippen LogP contribution is 2.24. The van der Waals surface area contributed by atoms with Crippen molar-refractivity contribution in [1.82, 2.24) is 14.9 Å². The number of rotatable bonds is 1. The molecule has 122 valence electrons. The predicted molar refractivity (Wildman–Crippen MR) is 86.5 cm³/mol. The van der Waals surface area contributed by atoms with Crippen molar-refractivity contribution in [2.75, 3.05) is 31.1 Å². The average Bonchev–Trinajstić information content (AvgIpc) is 2.41. The quantitative estimate of drug-likeness (QED) is 0.794. The molecule has 0 N–H and O–H groups in total. The highest BCUT2D eigenvalue weighted by Gasteiger charge is 2.27. The van der Waals surface area contributed by atoms with E-state index in [1.165, 1.54) is 0 Å². The van der Waals surface area contributed by atoms with Gasteiger partial charge in [0.05, 0.1) is 11.4 Å². The van der Waals surface area contributed by atoms with Gasteiger partial charge in [-0.3, -0.25) is 0 Å². The van der Waals surface area contributed by atoms with Crippen LogP contribution in [0.5, 0.6) is 0 Å². The van der Waals surface area contributed by atoms with E-state index < -0.39 is 5.60 Å². The molecule has 1 fully saturated rings. The standard InChI is InChI=1S/C15H23ClN4O2/c1-10-11(2)18-13(12(16)17-10)19-6-8-20(9-7-19)14(21)22-15(3,4)5/h6-9H2,1-5H3. The molecule has 0 aromatic carbocycles. The predicted octanol–water partition coefficient (Wildman–Crippen LogP) is 2.80. The van der Waals surface area contributed by atoms with Gasteiger partial charge >= 0.3 is 6.09 Å². The summed E-state index contributed by atoms with van der Waals surface area (Å²) in [6.45, 7) is 11.9. The fraction of sp³-hybridized carbons (Fsp3) is 0.667. The first-order valence-corrected chi connectivity index (χ1v) is 7.79. The number of aromatic nitrogens is 2. The van der Waals surface area contributed by atoms with Crippen LogP contribution in [0.1, 0.15) is 32.2 Å². The molecule has 1 aromatic heterocycles. The van der Waals surface area contributed by atoms with Crippen LogP contribution in [0.4, 0.5) is 10.6 Å². The lowest BCUT2D eigenvalue weighted by Crippen LogP contribution is -2.50. The second kappa shape index (κ2) is 6.28. The maximum absolute atomic E-state index is 12.1. The van der Waals surface area contributed by atoms with E-state index in [4.69, 9.17) is 16.3 Å². The number of carbonyl (C=O) groups excluding carboxylic acids is 1. The van der Waals surface area contributed by atoms with E-state index in [9.17, 15) is 4.79 Å². The van der Waals surface area contributed by atoms with E-state index >= 15 is 0 Å². The fourth-order valence-electron chi connectivity index (χ4n) is 2.19. The first-order chi connectivity index (χ1) is 10.2. The van der Waals surface area contributed by atoms with Gasteiger partial charge in [0.2, 0.25) is 0 Å². The molecule has 0 saturated carbocycles. The van der Waals surface area contributed by atoms with Gasteiger partial charge in [-0.1, -0.05) is 11.6 Å². The highest BCUT2D eigenvalue weighted by atomic mass is 35.5. The van der Waals surface area contributed by atoms with Gasteiger partial charge in [0, 0.05) is 26.2 Å². The number of halogens is 1. The summed E-state index contributed by atoms with van der Waals surface area (Å²) in [5.41, 5.74) is 1.23. The molecule has 1 saturated heterocycles. The summed E-state index contributed by atoms with van der Waals surface area (Å²) >= 11 is 6.20. The topological polar surface area (TPSA) is 58.6 Å². The van der Waals surface area contributed by atoms with Crippen LogP contribution in [0.25, 0.3) is 0 Å². The van der Waals surface area contributed by atoms with Gasteiger partial charge in [0.1, 0.15) is 5.60 Å². The lowest BCUT2D eigenvalue weighted by atomic mass is 10.2. The Labute approximate surface area is 136 Å². The summed E-state index contributed by atoms with van der Waals surface area (Å²) in [5.74, 6) is 0.689. The largest absolute Gasteiger partial charge is 0.444 e. The van der Waals surface area contributed by atoms with Crippen LogP contribution in [-0.4, -0.2) is 52.7 Å². The van der Waals surface area contributed by atoms with Crippen LogP contribution in [-0.2, 0) is 4.74 Å². The zero-order chi connectivity index (χ0) is 16.5. The molecule has 1 aliphatic heterocycles. The number of aryl methyl sites for hydroxylation is 2. The first kappa shape index (κ1) is 16.8. The minimum Gasteiger partial charge on any atom is -0.444 e. The lowest BCUT2D eigenvalue weighted by molar-refractivity contribution is 0.0240. The van der Waals surface area contributed by atoms with Crippen molar-refractivity contribution in [3.8, 4) is 0 Å². The van der Waals surface area contributed by atoms with E-state index in [1.54, 1.807) is 4.90 Å². The Morgan fingerprint density at radius 3 is 2.18 bits per heavy atom. The van der Waals surface area contributed by atoms with Crippen LogP contribution >= 0.6 is 11.6 Å². The number of piperazine rings is 1. The molecule has 0 bridgehead atoms. The summed E-state index contributed by atoms with van der Waals surface area (Å²) in [4.78, 5) is 24.7. The van der Waals surface area contributed by atoms with E-state index in [2.05, 4.69) is 14.9 Å². The number of carbonyl (C=O) groups is 1. The van der Waals surface area contributed by atoms with E-state index in [0.29, 0.717) is 37.1 Å². The molecule has 1 aromatic rings. The van der Waals surface area contributed by atoms with Gasteiger partial charge in [0.15, 0.2) is 11.0 Å². The van der Waals surface area contributed by atoms with E-state index in [-0.39, 0.29) is 6.09 Å². The number of amides is 1. The van der Waals surface area contributed by atoms with E-state index in [1.807, 2.05) is 34.6 Å². The number of ether oxygens (including phenoxy) is 1. The summed E-state index contributed by atoms with van der Waals surface area (Å²) in [6, 6.07) is 0. The molecule has 22 heavy (non-hydrogen) atoms. The number of anilines is 1. The summed E-state index contributed by atoms with van der Waals surface area (Å²) in [6.07, 6.45) is -0.274. The molecule has 0 radical (unpaired) electrons. The Hall–Kier alpha value is -1.56. The molecular formula is C15H23ClN4O2.